The number of nitrogens with one attached hydrogen (secondary N) is 2. The van der Waals surface area contributed by atoms with E-state index in [-0.39, 0.29) is 5.41 Å². The zero-order chi connectivity index (χ0) is 16.7. The molecule has 2 rings (SSSR count). The second-order valence-corrected chi connectivity index (χ2v) is 7.51. The molecular formula is C17H27N3O2S. The summed E-state index contributed by atoms with van der Waals surface area (Å²) >= 11 is 1.75. The fourth-order valence-electron chi connectivity index (χ4n) is 3.12. The van der Waals surface area contributed by atoms with Gasteiger partial charge in [0.25, 0.3) is 0 Å². The Labute approximate surface area is 142 Å². The van der Waals surface area contributed by atoms with E-state index in [0.717, 1.165) is 19.4 Å². The van der Waals surface area contributed by atoms with Gasteiger partial charge in [0.1, 0.15) is 0 Å². The van der Waals surface area contributed by atoms with Crippen molar-refractivity contribution in [1.82, 2.24) is 15.5 Å². The van der Waals surface area contributed by atoms with Crippen LogP contribution in [0.2, 0.25) is 0 Å². The van der Waals surface area contributed by atoms with Crippen LogP contribution >= 0.6 is 11.3 Å². The first-order chi connectivity index (χ1) is 11.0. The highest BCUT2D eigenvalue weighted by Gasteiger charge is 2.35. The van der Waals surface area contributed by atoms with Crippen LogP contribution in [0.1, 0.15) is 37.0 Å². The van der Waals surface area contributed by atoms with Gasteiger partial charge in [0.2, 0.25) is 0 Å². The molecule has 0 unspecified atom stereocenters. The first kappa shape index (κ1) is 17.9. The number of nitrogens with zero attached hydrogens (tertiary/aromatic N) is 1. The molecule has 2 amide bonds. The van der Waals surface area contributed by atoms with Crippen LogP contribution in [0.15, 0.2) is 17.5 Å². The average molecular weight is 337 g/mol. The molecule has 0 aromatic carbocycles. The summed E-state index contributed by atoms with van der Waals surface area (Å²) in [6, 6.07) is 4.21. The fraction of sp³-hybridized carbons (Fsp3) is 0.647. The molecule has 0 saturated heterocycles. The lowest BCUT2D eigenvalue weighted by Crippen LogP contribution is -2.47. The summed E-state index contributed by atoms with van der Waals surface area (Å²) in [6.07, 6.45) is 5.78. The Kier molecular flexibility index (Phi) is 6.59. The topological polar surface area (TPSA) is 61.4 Å². The predicted octanol–water partition coefficient (Wildman–Crippen LogP) is 1.74. The second-order valence-electron chi connectivity index (χ2n) is 6.56. The third kappa shape index (κ3) is 5.04. The van der Waals surface area contributed by atoms with Crippen molar-refractivity contribution in [2.24, 2.45) is 0 Å². The van der Waals surface area contributed by atoms with E-state index in [2.05, 4.69) is 28.1 Å². The van der Waals surface area contributed by atoms with E-state index >= 15 is 0 Å². The molecule has 0 atom stereocenters. The van der Waals surface area contributed by atoms with Crippen LogP contribution in [-0.4, -0.2) is 50.4 Å². The number of carbonyl (C=O) groups excluding carboxylic acids is 2. The van der Waals surface area contributed by atoms with Gasteiger partial charge in [0.05, 0.1) is 0 Å². The first-order valence-corrected chi connectivity index (χ1v) is 9.16. The van der Waals surface area contributed by atoms with Crippen LogP contribution in [-0.2, 0) is 15.0 Å². The van der Waals surface area contributed by atoms with Crippen LogP contribution in [0.3, 0.4) is 0 Å². The zero-order valence-corrected chi connectivity index (χ0v) is 14.9. The van der Waals surface area contributed by atoms with Crippen LogP contribution < -0.4 is 10.6 Å². The second kappa shape index (κ2) is 8.45. The number of thiophene rings is 1. The molecule has 0 bridgehead atoms. The highest BCUT2D eigenvalue weighted by molar-refractivity contribution is 7.10. The number of amides is 2. The van der Waals surface area contributed by atoms with Gasteiger partial charge in [0.15, 0.2) is 0 Å². The Morgan fingerprint density at radius 3 is 2.48 bits per heavy atom. The summed E-state index contributed by atoms with van der Waals surface area (Å²) in [5, 5.41) is 7.61. The van der Waals surface area contributed by atoms with Crippen LogP contribution in [0.4, 0.5) is 0 Å². The van der Waals surface area contributed by atoms with Crippen molar-refractivity contribution in [1.29, 1.82) is 0 Å². The van der Waals surface area contributed by atoms with Gasteiger partial charge in [0, 0.05) is 29.9 Å². The van der Waals surface area contributed by atoms with Gasteiger partial charge >= 0.3 is 11.8 Å². The molecule has 0 radical (unpaired) electrons. The SMILES string of the molecule is CN(C)CCNC(=O)C(=O)NCC1(c2cccs2)CCCCC1. The van der Waals surface area contributed by atoms with Crippen molar-refractivity contribution in [2.75, 3.05) is 33.7 Å². The summed E-state index contributed by atoms with van der Waals surface area (Å²) in [7, 11) is 3.86. The Hall–Kier alpha value is -1.40. The van der Waals surface area contributed by atoms with Gasteiger partial charge in [-0.05, 0) is 38.4 Å². The van der Waals surface area contributed by atoms with Crippen molar-refractivity contribution in [3.05, 3.63) is 22.4 Å². The van der Waals surface area contributed by atoms with Crippen molar-refractivity contribution in [3.63, 3.8) is 0 Å². The molecule has 1 aliphatic rings. The Morgan fingerprint density at radius 1 is 1.17 bits per heavy atom. The molecule has 1 aromatic heterocycles. The summed E-state index contributed by atoms with van der Waals surface area (Å²) < 4.78 is 0. The summed E-state index contributed by atoms with van der Waals surface area (Å²) in [6.45, 7) is 1.75. The molecule has 5 nitrogen and oxygen atoms in total. The summed E-state index contributed by atoms with van der Waals surface area (Å²) in [4.78, 5) is 27.2. The van der Waals surface area contributed by atoms with E-state index in [0.29, 0.717) is 13.1 Å². The predicted molar refractivity (Wildman–Crippen MR) is 93.7 cm³/mol. The molecule has 6 heteroatoms. The van der Waals surface area contributed by atoms with Gasteiger partial charge in [-0.25, -0.2) is 0 Å². The normalized spacial score (nSPS) is 17.0. The number of likely N-dealkylation sites (N-methyl/N-ethyl adjacent to an activating group) is 1. The van der Waals surface area contributed by atoms with Crippen LogP contribution in [0.5, 0.6) is 0 Å². The van der Waals surface area contributed by atoms with Crippen LogP contribution in [0.25, 0.3) is 0 Å². The Balaban J connectivity index is 1.88. The molecular weight excluding hydrogens is 310 g/mol. The van der Waals surface area contributed by atoms with E-state index in [9.17, 15) is 9.59 Å². The van der Waals surface area contributed by atoms with E-state index in [1.54, 1.807) is 11.3 Å². The molecule has 1 fully saturated rings. The minimum Gasteiger partial charge on any atom is -0.347 e. The van der Waals surface area contributed by atoms with Gasteiger partial charge < -0.3 is 15.5 Å². The Morgan fingerprint density at radius 2 is 1.87 bits per heavy atom. The number of hydrogen-bond donors (Lipinski definition) is 2. The number of carbonyl (C=O) groups is 2. The van der Waals surface area contributed by atoms with Gasteiger partial charge in [-0.3, -0.25) is 9.59 Å². The van der Waals surface area contributed by atoms with Crippen molar-refractivity contribution < 1.29 is 9.59 Å². The molecule has 0 spiro atoms. The smallest absolute Gasteiger partial charge is 0.309 e. The monoisotopic (exact) mass is 337 g/mol. The van der Waals surface area contributed by atoms with Gasteiger partial charge in [-0.15, -0.1) is 11.3 Å². The minimum atomic E-state index is -0.538. The molecule has 128 valence electrons. The molecule has 1 heterocycles. The van der Waals surface area contributed by atoms with E-state index in [1.807, 2.05) is 19.0 Å². The number of rotatable bonds is 6. The molecule has 2 N–H and O–H groups in total. The maximum absolute atomic E-state index is 12.0. The van der Waals surface area contributed by atoms with E-state index in [4.69, 9.17) is 0 Å². The average Bonchev–Trinajstić information content (AvgIpc) is 3.08. The summed E-state index contributed by atoms with van der Waals surface area (Å²) in [5.41, 5.74) is 0.00595. The third-order valence-corrected chi connectivity index (χ3v) is 5.61. The molecule has 1 saturated carbocycles. The lowest BCUT2D eigenvalue weighted by molar-refractivity contribution is -0.139. The quantitative estimate of drug-likeness (QED) is 0.778. The molecule has 0 aliphatic heterocycles. The molecule has 1 aromatic rings. The van der Waals surface area contributed by atoms with E-state index in [1.165, 1.54) is 24.1 Å². The zero-order valence-electron chi connectivity index (χ0n) is 14.1. The van der Waals surface area contributed by atoms with Gasteiger partial charge in [-0.1, -0.05) is 25.3 Å². The van der Waals surface area contributed by atoms with Gasteiger partial charge in [-0.2, -0.15) is 0 Å². The highest BCUT2D eigenvalue weighted by Crippen LogP contribution is 2.40. The maximum atomic E-state index is 12.0. The standard InChI is InChI=1S/C17H27N3O2S/c1-20(2)11-10-18-15(21)16(22)19-13-17(8-4-3-5-9-17)14-7-6-12-23-14/h6-7,12H,3-5,8-11,13H2,1-2H3,(H,18,21)(H,19,22). The fourth-order valence-corrected chi connectivity index (χ4v) is 4.11. The minimum absolute atomic E-state index is 0.00595. The van der Waals surface area contributed by atoms with E-state index < -0.39 is 11.8 Å². The van der Waals surface area contributed by atoms with Crippen molar-refractivity contribution >= 4 is 23.2 Å². The Bertz CT molecular complexity index is 508. The third-order valence-electron chi connectivity index (χ3n) is 4.49. The highest BCUT2D eigenvalue weighted by atomic mass is 32.1. The molecule has 1 aliphatic carbocycles. The lowest BCUT2D eigenvalue weighted by atomic mass is 9.73. The lowest BCUT2D eigenvalue weighted by Gasteiger charge is -2.36. The maximum Gasteiger partial charge on any atom is 0.309 e. The first-order valence-electron chi connectivity index (χ1n) is 8.28. The van der Waals surface area contributed by atoms with Crippen molar-refractivity contribution in [3.8, 4) is 0 Å². The molecule has 23 heavy (non-hydrogen) atoms. The van der Waals surface area contributed by atoms with Crippen LogP contribution in [0, 0.1) is 0 Å². The van der Waals surface area contributed by atoms with Crippen molar-refractivity contribution in [2.45, 2.75) is 37.5 Å². The largest absolute Gasteiger partial charge is 0.347 e. The number of hydrogen-bond acceptors (Lipinski definition) is 4. The summed E-state index contributed by atoms with van der Waals surface area (Å²) in [5.74, 6) is -1.06.